The van der Waals surface area contributed by atoms with E-state index in [0.717, 1.165) is 22.4 Å². The molecular formula is C26H32N6O4. The van der Waals surface area contributed by atoms with Crippen molar-refractivity contribution in [3.63, 3.8) is 0 Å². The van der Waals surface area contributed by atoms with Crippen LogP contribution in [0.2, 0.25) is 0 Å². The standard InChI is InChI=1S/C26H32N6O4/c1-4-15(2)22(30-16(3)33)25(35)31-20-9-8-18-6-5-7-19-12-21(32(23(18)19)26(20)36)24(34)27-13-17-10-11-28-29-14-17/h5-7,10-11,14-15,20-22H,4,8-9,12-13H2,1-3H3,(H,27,34)(H,30,33)(H,31,35)/t15-,20-,21-,22-/m0/s1. The maximum absolute atomic E-state index is 13.8. The third-order valence-electron chi connectivity index (χ3n) is 6.99. The van der Waals surface area contributed by atoms with Crippen molar-refractivity contribution in [2.24, 2.45) is 5.92 Å². The summed E-state index contributed by atoms with van der Waals surface area (Å²) in [5, 5.41) is 16.1. The van der Waals surface area contributed by atoms with Gasteiger partial charge in [-0.05, 0) is 41.5 Å². The number of rotatable bonds is 8. The van der Waals surface area contributed by atoms with Crippen LogP contribution in [0.15, 0.2) is 36.7 Å². The molecule has 0 aliphatic carbocycles. The molecule has 4 atom stereocenters. The summed E-state index contributed by atoms with van der Waals surface area (Å²) in [7, 11) is 0. The van der Waals surface area contributed by atoms with Gasteiger partial charge in [-0.1, -0.05) is 38.5 Å². The Morgan fingerprint density at radius 1 is 1.17 bits per heavy atom. The fraction of sp³-hybridized carbons (Fsp3) is 0.462. The monoisotopic (exact) mass is 492 g/mol. The first-order valence-corrected chi connectivity index (χ1v) is 12.3. The Labute approximate surface area is 210 Å². The van der Waals surface area contributed by atoms with Gasteiger partial charge in [0.2, 0.25) is 23.6 Å². The van der Waals surface area contributed by atoms with E-state index in [1.807, 2.05) is 32.0 Å². The maximum atomic E-state index is 13.8. The van der Waals surface area contributed by atoms with Gasteiger partial charge in [-0.2, -0.15) is 10.2 Å². The van der Waals surface area contributed by atoms with Gasteiger partial charge in [0.05, 0.1) is 11.9 Å². The van der Waals surface area contributed by atoms with E-state index in [1.54, 1.807) is 23.4 Å². The fourth-order valence-electron chi connectivity index (χ4n) is 4.89. The van der Waals surface area contributed by atoms with Gasteiger partial charge in [-0.25, -0.2) is 0 Å². The van der Waals surface area contributed by atoms with E-state index in [1.165, 1.54) is 6.92 Å². The number of benzene rings is 1. The van der Waals surface area contributed by atoms with Gasteiger partial charge in [0.25, 0.3) is 0 Å². The van der Waals surface area contributed by atoms with E-state index in [4.69, 9.17) is 0 Å². The lowest BCUT2D eigenvalue weighted by atomic mass is 9.97. The zero-order chi connectivity index (χ0) is 25.8. The van der Waals surface area contributed by atoms with Crippen LogP contribution in [0.25, 0.3) is 0 Å². The molecule has 4 amide bonds. The van der Waals surface area contributed by atoms with Crippen LogP contribution in [0.3, 0.4) is 0 Å². The molecule has 3 N–H and O–H groups in total. The first kappa shape index (κ1) is 25.3. The van der Waals surface area contributed by atoms with E-state index in [-0.39, 0.29) is 30.2 Å². The average molecular weight is 493 g/mol. The second-order valence-electron chi connectivity index (χ2n) is 9.49. The summed E-state index contributed by atoms with van der Waals surface area (Å²) < 4.78 is 0. The molecule has 0 radical (unpaired) electrons. The van der Waals surface area contributed by atoms with E-state index in [9.17, 15) is 19.2 Å². The molecule has 10 heteroatoms. The van der Waals surface area contributed by atoms with E-state index in [0.29, 0.717) is 25.7 Å². The van der Waals surface area contributed by atoms with Crippen LogP contribution < -0.4 is 20.9 Å². The molecule has 2 aliphatic heterocycles. The number of carbonyl (C=O) groups excluding carboxylic acids is 4. The van der Waals surface area contributed by atoms with Crippen LogP contribution in [0.4, 0.5) is 5.69 Å². The third-order valence-corrected chi connectivity index (χ3v) is 6.99. The van der Waals surface area contributed by atoms with Crippen LogP contribution >= 0.6 is 0 Å². The number of anilines is 1. The highest BCUT2D eigenvalue weighted by Crippen LogP contribution is 2.39. The summed E-state index contributed by atoms with van der Waals surface area (Å²) in [6.45, 7) is 5.46. The number of carbonyl (C=O) groups is 4. The molecule has 0 saturated carbocycles. The molecule has 0 unspecified atom stereocenters. The number of para-hydroxylation sites is 1. The normalized spacial score (nSPS) is 20.1. The Morgan fingerprint density at radius 3 is 2.64 bits per heavy atom. The molecule has 4 rings (SSSR count). The molecule has 0 spiro atoms. The van der Waals surface area contributed by atoms with Gasteiger partial charge in [0.1, 0.15) is 18.1 Å². The molecule has 10 nitrogen and oxygen atoms in total. The minimum absolute atomic E-state index is 0.105. The van der Waals surface area contributed by atoms with Crippen molar-refractivity contribution in [3.05, 3.63) is 53.3 Å². The van der Waals surface area contributed by atoms with Gasteiger partial charge in [0, 0.05) is 26.1 Å². The zero-order valence-electron chi connectivity index (χ0n) is 20.8. The minimum Gasteiger partial charge on any atom is -0.350 e. The second kappa shape index (κ2) is 10.8. The second-order valence-corrected chi connectivity index (χ2v) is 9.49. The van der Waals surface area contributed by atoms with Crippen LogP contribution in [0.5, 0.6) is 0 Å². The van der Waals surface area contributed by atoms with Crippen LogP contribution in [-0.4, -0.2) is 52.0 Å². The van der Waals surface area contributed by atoms with Gasteiger partial charge in [0.15, 0.2) is 0 Å². The van der Waals surface area contributed by atoms with Gasteiger partial charge in [-0.3, -0.25) is 24.1 Å². The average Bonchev–Trinajstić information content (AvgIpc) is 3.21. The maximum Gasteiger partial charge on any atom is 0.250 e. The number of nitrogens with zero attached hydrogens (tertiary/aromatic N) is 3. The Bertz CT molecular complexity index is 1150. The molecule has 1 aromatic carbocycles. The molecular weight excluding hydrogens is 460 g/mol. The van der Waals surface area contributed by atoms with Crippen molar-refractivity contribution < 1.29 is 19.2 Å². The summed E-state index contributed by atoms with van der Waals surface area (Å²) in [4.78, 5) is 53.5. The van der Waals surface area contributed by atoms with Gasteiger partial charge >= 0.3 is 0 Å². The lowest BCUT2D eigenvalue weighted by molar-refractivity contribution is -0.132. The fourth-order valence-corrected chi connectivity index (χ4v) is 4.89. The van der Waals surface area contributed by atoms with Crippen LogP contribution in [-0.2, 0) is 38.6 Å². The number of hydrogen-bond acceptors (Lipinski definition) is 6. The van der Waals surface area contributed by atoms with Crippen molar-refractivity contribution >= 4 is 29.3 Å². The molecule has 2 aliphatic rings. The minimum atomic E-state index is -0.809. The molecule has 2 aromatic rings. The van der Waals surface area contributed by atoms with Gasteiger partial charge < -0.3 is 16.0 Å². The summed E-state index contributed by atoms with van der Waals surface area (Å²) in [6, 6.07) is 5.33. The highest BCUT2D eigenvalue weighted by atomic mass is 16.2. The van der Waals surface area contributed by atoms with E-state index in [2.05, 4.69) is 26.1 Å². The summed E-state index contributed by atoms with van der Waals surface area (Å²) in [5.41, 5.74) is 3.49. The van der Waals surface area contributed by atoms with E-state index >= 15 is 0 Å². The lowest BCUT2D eigenvalue weighted by Crippen LogP contribution is -2.58. The van der Waals surface area contributed by atoms with Crippen molar-refractivity contribution in [3.8, 4) is 0 Å². The molecule has 0 bridgehead atoms. The predicted molar refractivity (Wildman–Crippen MR) is 133 cm³/mol. The molecule has 3 heterocycles. The highest BCUT2D eigenvalue weighted by molar-refractivity contribution is 6.08. The van der Waals surface area contributed by atoms with Crippen molar-refractivity contribution in [1.82, 2.24) is 26.1 Å². The highest BCUT2D eigenvalue weighted by Gasteiger charge is 2.44. The molecule has 0 fully saturated rings. The van der Waals surface area contributed by atoms with Crippen molar-refractivity contribution in [2.75, 3.05) is 4.90 Å². The van der Waals surface area contributed by atoms with Gasteiger partial charge in [-0.15, -0.1) is 0 Å². The largest absolute Gasteiger partial charge is 0.350 e. The molecule has 0 saturated heterocycles. The third kappa shape index (κ3) is 5.22. The Morgan fingerprint density at radius 2 is 1.94 bits per heavy atom. The van der Waals surface area contributed by atoms with Crippen molar-refractivity contribution in [2.45, 2.75) is 71.1 Å². The van der Waals surface area contributed by atoms with Crippen LogP contribution in [0.1, 0.15) is 50.3 Å². The molecule has 36 heavy (non-hydrogen) atoms. The van der Waals surface area contributed by atoms with Crippen molar-refractivity contribution in [1.29, 1.82) is 0 Å². The quantitative estimate of drug-likeness (QED) is 0.504. The Kier molecular flexibility index (Phi) is 7.61. The van der Waals surface area contributed by atoms with E-state index < -0.39 is 24.0 Å². The SMILES string of the molecule is CC[C@H](C)[C@H](NC(C)=O)C(=O)N[C@H]1CCc2cccc3c2N(C1=O)[C@H](C(=O)NCc1ccnnc1)C3. The number of nitrogens with one attached hydrogen (secondary N) is 3. The van der Waals surface area contributed by atoms with Crippen LogP contribution in [0, 0.1) is 5.92 Å². The molecule has 190 valence electrons. The zero-order valence-corrected chi connectivity index (χ0v) is 20.8. The summed E-state index contributed by atoms with van der Waals surface area (Å²) >= 11 is 0. The smallest absolute Gasteiger partial charge is 0.250 e. The number of amides is 4. The Balaban J connectivity index is 1.56. The Hall–Kier alpha value is -3.82. The first-order chi connectivity index (χ1) is 17.3. The molecule has 1 aromatic heterocycles. The first-order valence-electron chi connectivity index (χ1n) is 12.3. The number of aryl methyl sites for hydroxylation is 1. The summed E-state index contributed by atoms with van der Waals surface area (Å²) in [5.74, 6) is -1.39. The number of hydrogen-bond donors (Lipinski definition) is 3. The number of aromatic nitrogens is 2. The predicted octanol–water partition coefficient (Wildman–Crippen LogP) is 1.03. The summed E-state index contributed by atoms with van der Waals surface area (Å²) in [6.07, 6.45) is 5.21. The lowest BCUT2D eigenvalue weighted by Gasteiger charge is -2.29. The topological polar surface area (TPSA) is 133 Å².